The van der Waals surface area contributed by atoms with E-state index in [0.717, 1.165) is 28.1 Å². The molecule has 0 aliphatic heterocycles. The van der Waals surface area contributed by atoms with Crippen LogP contribution in [0.3, 0.4) is 0 Å². The van der Waals surface area contributed by atoms with Gasteiger partial charge in [0.25, 0.3) is 0 Å². The number of alkyl halides is 3. The maximum absolute atomic E-state index is 13.7. The van der Waals surface area contributed by atoms with E-state index < -0.39 is 32.7 Å². The lowest BCUT2D eigenvalue weighted by atomic mass is 10.1. The molecule has 9 nitrogen and oxygen atoms in total. The Morgan fingerprint density at radius 1 is 1.21 bits per heavy atom. The number of hydrogen-bond donors (Lipinski definition) is 1. The molecule has 1 amide bonds. The summed E-state index contributed by atoms with van der Waals surface area (Å²) < 4.78 is 72.4. The average Bonchev–Trinajstić information content (AvgIpc) is 3.11. The molecule has 2 aromatic heterocycles. The summed E-state index contributed by atoms with van der Waals surface area (Å²) in [6, 6.07) is 4.75. The van der Waals surface area contributed by atoms with Crippen LogP contribution >= 0.6 is 0 Å². The van der Waals surface area contributed by atoms with Gasteiger partial charge in [-0.3, -0.25) is 4.79 Å². The van der Waals surface area contributed by atoms with E-state index in [1.165, 1.54) is 18.2 Å². The average molecular weight is 500 g/mol. The zero-order chi connectivity index (χ0) is 25.5. The number of nitrogen functional groups attached to an aromatic ring is 1. The number of aromatic nitrogens is 3. The van der Waals surface area contributed by atoms with Gasteiger partial charge >= 0.3 is 6.18 Å². The summed E-state index contributed by atoms with van der Waals surface area (Å²) in [6.45, 7) is 5.59. The van der Waals surface area contributed by atoms with Crippen LogP contribution < -0.4 is 10.6 Å². The molecule has 184 valence electrons. The molecule has 0 saturated carbocycles. The Morgan fingerprint density at radius 3 is 2.44 bits per heavy atom. The first-order chi connectivity index (χ1) is 15.6. The molecule has 0 fully saturated rings. The normalized spacial score (nSPS) is 12.8. The quantitative estimate of drug-likeness (QED) is 0.496. The highest BCUT2D eigenvalue weighted by molar-refractivity contribution is 7.90. The van der Waals surface area contributed by atoms with Gasteiger partial charge in [-0.05, 0) is 39.0 Å². The third-order valence-electron chi connectivity index (χ3n) is 4.85. The molecule has 0 saturated heterocycles. The zero-order valence-electron chi connectivity index (χ0n) is 18.9. The molecule has 0 spiro atoms. The number of ether oxygens (including phenoxy) is 1. The molecule has 3 aromatic rings. The van der Waals surface area contributed by atoms with E-state index >= 15 is 0 Å². The molecule has 0 bridgehead atoms. The van der Waals surface area contributed by atoms with Crippen molar-refractivity contribution in [3.8, 4) is 11.3 Å². The SMILES string of the molecule is CC(C)(C)OCCN(C=O)c1cc(-c2cc(C(F)(F)F)c3c(N)ncnn23)ccc1S(C)(=O)=O. The van der Waals surface area contributed by atoms with Crippen LogP contribution in [0.25, 0.3) is 16.8 Å². The Hall–Kier alpha value is -3.19. The Morgan fingerprint density at radius 2 is 1.88 bits per heavy atom. The molecule has 0 unspecified atom stereocenters. The Labute approximate surface area is 194 Å². The number of hydrogen-bond acceptors (Lipinski definition) is 7. The van der Waals surface area contributed by atoms with Crippen molar-refractivity contribution in [1.82, 2.24) is 14.6 Å². The Bertz CT molecular complexity index is 1330. The summed E-state index contributed by atoms with van der Waals surface area (Å²) in [4.78, 5) is 16.5. The Kier molecular flexibility index (Phi) is 6.64. The number of nitrogens with zero attached hydrogens (tertiary/aromatic N) is 4. The largest absolute Gasteiger partial charge is 0.418 e. The summed E-state index contributed by atoms with van der Waals surface area (Å²) in [5.74, 6) is -0.365. The van der Waals surface area contributed by atoms with Crippen molar-refractivity contribution in [2.75, 3.05) is 30.0 Å². The molecule has 1 aromatic carbocycles. The monoisotopic (exact) mass is 499 g/mol. The first-order valence-electron chi connectivity index (χ1n) is 10.0. The van der Waals surface area contributed by atoms with Crippen molar-refractivity contribution in [2.45, 2.75) is 37.4 Å². The molecule has 3 rings (SSSR count). The molecule has 34 heavy (non-hydrogen) atoms. The fourth-order valence-electron chi connectivity index (χ4n) is 3.38. The van der Waals surface area contributed by atoms with Crippen molar-refractivity contribution in [3.63, 3.8) is 0 Å². The molecule has 0 atom stereocenters. The van der Waals surface area contributed by atoms with E-state index in [4.69, 9.17) is 10.5 Å². The molecule has 2 heterocycles. The van der Waals surface area contributed by atoms with Gasteiger partial charge in [-0.25, -0.2) is 17.9 Å². The lowest BCUT2D eigenvalue weighted by Crippen LogP contribution is -2.30. The van der Waals surface area contributed by atoms with Crippen LogP contribution in [0.4, 0.5) is 24.7 Å². The first kappa shape index (κ1) is 25.4. The molecular formula is C21H24F3N5O4S. The van der Waals surface area contributed by atoms with Crippen molar-refractivity contribution in [2.24, 2.45) is 0 Å². The van der Waals surface area contributed by atoms with Crippen LogP contribution in [0.5, 0.6) is 0 Å². The highest BCUT2D eigenvalue weighted by Crippen LogP contribution is 2.39. The van der Waals surface area contributed by atoms with Gasteiger partial charge in [-0.1, -0.05) is 6.07 Å². The van der Waals surface area contributed by atoms with E-state index in [2.05, 4.69) is 10.1 Å². The molecule has 2 N–H and O–H groups in total. The first-order valence-corrected chi connectivity index (χ1v) is 11.9. The van der Waals surface area contributed by atoms with Crippen LogP contribution in [0.15, 0.2) is 35.5 Å². The summed E-state index contributed by atoms with van der Waals surface area (Å²) in [5, 5.41) is 3.90. The molecule has 0 aliphatic carbocycles. The number of benzene rings is 1. The molecular weight excluding hydrogens is 475 g/mol. The summed E-state index contributed by atoms with van der Waals surface area (Å²) in [5.41, 5.74) is 3.92. The Balaban J connectivity index is 2.19. The van der Waals surface area contributed by atoms with Crippen molar-refractivity contribution in [1.29, 1.82) is 0 Å². The third kappa shape index (κ3) is 5.30. The van der Waals surface area contributed by atoms with E-state index in [9.17, 15) is 26.4 Å². The summed E-state index contributed by atoms with van der Waals surface area (Å²) in [6.07, 6.45) is -2.31. The van der Waals surface area contributed by atoms with Gasteiger partial charge in [-0.15, -0.1) is 0 Å². The van der Waals surface area contributed by atoms with Gasteiger partial charge in [0.05, 0.1) is 34.0 Å². The van der Waals surface area contributed by atoms with Crippen molar-refractivity contribution < 1.29 is 31.1 Å². The fraction of sp³-hybridized carbons (Fsp3) is 0.381. The van der Waals surface area contributed by atoms with Crippen LogP contribution in [0.2, 0.25) is 0 Å². The maximum atomic E-state index is 13.7. The zero-order valence-corrected chi connectivity index (χ0v) is 19.7. The number of sulfone groups is 1. The number of anilines is 2. The van der Waals surface area contributed by atoms with E-state index in [-0.39, 0.29) is 40.8 Å². The lowest BCUT2D eigenvalue weighted by Gasteiger charge is -2.24. The van der Waals surface area contributed by atoms with Gasteiger partial charge in [0.2, 0.25) is 6.41 Å². The van der Waals surface area contributed by atoms with E-state index in [1.54, 1.807) is 0 Å². The van der Waals surface area contributed by atoms with Gasteiger partial charge < -0.3 is 15.4 Å². The predicted molar refractivity (Wildman–Crippen MR) is 120 cm³/mol. The number of rotatable bonds is 7. The summed E-state index contributed by atoms with van der Waals surface area (Å²) in [7, 11) is -3.78. The maximum Gasteiger partial charge on any atom is 0.418 e. The third-order valence-corrected chi connectivity index (χ3v) is 5.99. The second kappa shape index (κ2) is 8.87. The lowest BCUT2D eigenvalue weighted by molar-refractivity contribution is -0.136. The highest BCUT2D eigenvalue weighted by Gasteiger charge is 2.36. The van der Waals surface area contributed by atoms with Gasteiger partial charge in [-0.2, -0.15) is 18.3 Å². The van der Waals surface area contributed by atoms with Gasteiger partial charge in [0.15, 0.2) is 15.7 Å². The van der Waals surface area contributed by atoms with Gasteiger partial charge in [0.1, 0.15) is 11.8 Å². The van der Waals surface area contributed by atoms with Crippen LogP contribution in [0, 0.1) is 0 Å². The van der Waals surface area contributed by atoms with Crippen LogP contribution in [-0.2, 0) is 25.5 Å². The molecule has 0 aliphatic rings. The van der Waals surface area contributed by atoms with Crippen LogP contribution in [0.1, 0.15) is 26.3 Å². The number of carbonyl (C=O) groups excluding carboxylic acids is 1. The predicted octanol–water partition coefficient (Wildman–Crippen LogP) is 3.18. The smallest absolute Gasteiger partial charge is 0.382 e. The number of amides is 1. The second-order valence-corrected chi connectivity index (χ2v) is 10.5. The van der Waals surface area contributed by atoms with E-state index in [1.807, 2.05) is 20.8 Å². The van der Waals surface area contributed by atoms with Crippen molar-refractivity contribution >= 4 is 33.3 Å². The van der Waals surface area contributed by atoms with Crippen molar-refractivity contribution in [3.05, 3.63) is 36.2 Å². The number of carbonyl (C=O) groups is 1. The standard InChI is InChI=1S/C21H24F3N5O4S/c1-20(2,3)33-8-7-28(12-30)16-9-13(5-6-17(16)34(4,31)32)15-10-14(21(22,23)24)18-19(25)26-11-27-29(15)18/h5-6,9-12H,7-8H2,1-4H3,(H2,25,26,27). The van der Waals surface area contributed by atoms with E-state index in [0.29, 0.717) is 6.41 Å². The van der Waals surface area contributed by atoms with Crippen LogP contribution in [-0.4, -0.2) is 54.4 Å². The fourth-order valence-corrected chi connectivity index (χ4v) is 4.26. The molecule has 0 radical (unpaired) electrons. The minimum absolute atomic E-state index is 0.00181. The second-order valence-electron chi connectivity index (χ2n) is 8.56. The topological polar surface area (TPSA) is 120 Å². The molecule has 13 heteroatoms. The minimum Gasteiger partial charge on any atom is -0.382 e. The number of fused-ring (bicyclic) bond motifs is 1. The summed E-state index contributed by atoms with van der Waals surface area (Å²) >= 11 is 0. The minimum atomic E-state index is -4.74. The number of halogens is 3. The van der Waals surface area contributed by atoms with Gasteiger partial charge in [0, 0.05) is 18.4 Å². The number of nitrogens with two attached hydrogens (primary N) is 1. The highest BCUT2D eigenvalue weighted by atomic mass is 32.2.